The summed E-state index contributed by atoms with van der Waals surface area (Å²) in [6.07, 6.45) is 4.58. The van der Waals surface area contributed by atoms with Crippen LogP contribution in [0.15, 0.2) is 12.2 Å². The number of ether oxygens (including phenoxy) is 1. The molecule has 1 fully saturated rings. The van der Waals surface area contributed by atoms with Gasteiger partial charge in [0.1, 0.15) is 5.78 Å². The molecule has 0 saturated carbocycles. The van der Waals surface area contributed by atoms with Crippen LogP contribution in [0.3, 0.4) is 0 Å². The first-order valence-electron chi connectivity index (χ1n) is 4.38. The van der Waals surface area contributed by atoms with Gasteiger partial charge < -0.3 is 4.74 Å². The lowest BCUT2D eigenvalue weighted by Crippen LogP contribution is -2.48. The maximum absolute atomic E-state index is 11.5. The number of rotatable bonds is 0. The largest absolute Gasteiger partial charge is 0.360 e. The van der Waals surface area contributed by atoms with E-state index in [-0.39, 0.29) is 17.1 Å². The van der Waals surface area contributed by atoms with Crippen molar-refractivity contribution >= 4 is 5.78 Å². The maximum Gasteiger partial charge on any atom is 0.142 e. The number of hydrogen-bond donors (Lipinski definition) is 0. The molecule has 0 N–H and O–H groups in total. The van der Waals surface area contributed by atoms with Crippen LogP contribution in [-0.2, 0) is 9.53 Å². The van der Waals surface area contributed by atoms with Crippen molar-refractivity contribution in [3.8, 4) is 0 Å². The lowest BCUT2D eigenvalue weighted by molar-refractivity contribution is -0.161. The third kappa shape index (κ3) is 0.876. The Labute approximate surface area is 72.6 Å². The van der Waals surface area contributed by atoms with Crippen LogP contribution in [0.2, 0.25) is 0 Å². The zero-order valence-corrected chi connectivity index (χ0v) is 7.76. The Kier molecular flexibility index (Phi) is 1.33. The summed E-state index contributed by atoms with van der Waals surface area (Å²) in [5.74, 6) is 0.320. The lowest BCUT2D eigenvalue weighted by Gasteiger charge is -2.39. The minimum Gasteiger partial charge on any atom is -0.360 e. The minimum absolute atomic E-state index is 0.00400. The van der Waals surface area contributed by atoms with Crippen molar-refractivity contribution in [2.24, 2.45) is 5.92 Å². The van der Waals surface area contributed by atoms with Crippen molar-refractivity contribution < 1.29 is 9.53 Å². The quantitative estimate of drug-likeness (QED) is 0.512. The van der Waals surface area contributed by atoms with E-state index in [0.717, 1.165) is 0 Å². The van der Waals surface area contributed by atoms with E-state index in [1.165, 1.54) is 0 Å². The highest BCUT2D eigenvalue weighted by atomic mass is 16.5. The van der Waals surface area contributed by atoms with E-state index in [1.54, 1.807) is 0 Å². The molecule has 2 bridgehead atoms. The molecule has 0 spiro atoms. The van der Waals surface area contributed by atoms with Crippen molar-refractivity contribution in [3.63, 3.8) is 0 Å². The Bertz CT molecular complexity index is 269. The third-order valence-electron chi connectivity index (χ3n) is 3.09. The molecule has 0 unspecified atom stereocenters. The molecule has 2 heteroatoms. The molecule has 2 heterocycles. The first kappa shape index (κ1) is 7.99. The zero-order chi connectivity index (χ0) is 8.98. The Morgan fingerprint density at radius 2 is 2.17 bits per heavy atom. The van der Waals surface area contributed by atoms with Gasteiger partial charge in [-0.05, 0) is 13.8 Å². The second-order valence-electron chi connectivity index (χ2n) is 4.30. The lowest BCUT2D eigenvalue weighted by atomic mass is 9.83. The van der Waals surface area contributed by atoms with Crippen molar-refractivity contribution in [2.45, 2.75) is 38.4 Å². The summed E-state index contributed by atoms with van der Waals surface area (Å²) >= 11 is 0. The topological polar surface area (TPSA) is 26.3 Å². The van der Waals surface area contributed by atoms with Crippen molar-refractivity contribution in [1.29, 1.82) is 0 Å². The molecule has 0 aromatic heterocycles. The van der Waals surface area contributed by atoms with Crippen molar-refractivity contribution in [2.75, 3.05) is 0 Å². The second kappa shape index (κ2) is 1.99. The van der Waals surface area contributed by atoms with E-state index >= 15 is 0 Å². The summed E-state index contributed by atoms with van der Waals surface area (Å²) in [4.78, 5) is 11.5. The van der Waals surface area contributed by atoms with Crippen LogP contribution < -0.4 is 0 Å². The van der Waals surface area contributed by atoms with Gasteiger partial charge in [0.2, 0.25) is 0 Å². The Balaban J connectivity index is 2.40. The monoisotopic (exact) mass is 166 g/mol. The molecule has 0 aliphatic carbocycles. The number of carbonyl (C=O) groups is 1. The third-order valence-corrected chi connectivity index (χ3v) is 3.09. The van der Waals surface area contributed by atoms with Gasteiger partial charge in [0.25, 0.3) is 0 Å². The zero-order valence-electron chi connectivity index (χ0n) is 7.76. The minimum atomic E-state index is -0.343. The van der Waals surface area contributed by atoms with E-state index in [4.69, 9.17) is 4.74 Å². The van der Waals surface area contributed by atoms with E-state index in [0.29, 0.717) is 12.2 Å². The Morgan fingerprint density at radius 1 is 1.50 bits per heavy atom. The summed E-state index contributed by atoms with van der Waals surface area (Å²) in [5, 5.41) is 0. The first-order valence-corrected chi connectivity index (χ1v) is 4.38. The van der Waals surface area contributed by atoms with E-state index in [2.05, 4.69) is 0 Å². The predicted octanol–water partition coefficient (Wildman–Crippen LogP) is 1.70. The molecule has 2 aliphatic heterocycles. The van der Waals surface area contributed by atoms with Gasteiger partial charge in [-0.2, -0.15) is 0 Å². The number of hydrogen-bond acceptors (Lipinski definition) is 2. The molecule has 0 amide bonds. The molecule has 3 atom stereocenters. The fraction of sp³-hybridized carbons (Fsp3) is 0.700. The molecule has 1 saturated heterocycles. The van der Waals surface area contributed by atoms with E-state index in [9.17, 15) is 4.79 Å². The van der Waals surface area contributed by atoms with Crippen LogP contribution in [0.25, 0.3) is 0 Å². The molecule has 0 aromatic carbocycles. The van der Waals surface area contributed by atoms with Crippen LogP contribution in [-0.4, -0.2) is 17.0 Å². The van der Waals surface area contributed by atoms with Crippen LogP contribution in [0.4, 0.5) is 0 Å². The Morgan fingerprint density at radius 3 is 2.83 bits per heavy atom. The number of fused-ring (bicyclic) bond motifs is 2. The van der Waals surface area contributed by atoms with E-state index in [1.807, 2.05) is 32.9 Å². The summed E-state index contributed by atoms with van der Waals surface area (Å²) in [6.45, 7) is 5.90. The fourth-order valence-electron chi connectivity index (χ4n) is 2.06. The molecule has 0 aromatic rings. The van der Waals surface area contributed by atoms with Crippen molar-refractivity contribution in [1.82, 2.24) is 0 Å². The van der Waals surface area contributed by atoms with Crippen LogP contribution >= 0.6 is 0 Å². The van der Waals surface area contributed by atoms with Gasteiger partial charge in [0.05, 0.1) is 11.2 Å². The number of carbonyl (C=O) groups excluding carboxylic acids is 1. The average molecular weight is 166 g/mol. The highest BCUT2D eigenvalue weighted by Gasteiger charge is 2.50. The van der Waals surface area contributed by atoms with Gasteiger partial charge in [0, 0.05) is 12.3 Å². The molecule has 12 heavy (non-hydrogen) atoms. The smallest absolute Gasteiger partial charge is 0.142 e. The highest BCUT2D eigenvalue weighted by molar-refractivity contribution is 5.85. The number of Topliss-reactive ketones (excluding diaryl/α,β-unsaturated/α-hetero) is 1. The Hall–Kier alpha value is -0.630. The summed E-state index contributed by atoms with van der Waals surface area (Å²) in [6, 6.07) is 0. The number of ketones is 1. The second-order valence-corrected chi connectivity index (χ2v) is 4.30. The summed E-state index contributed by atoms with van der Waals surface area (Å²) in [5.41, 5.74) is -0.664. The maximum atomic E-state index is 11.5. The van der Waals surface area contributed by atoms with Gasteiger partial charge in [-0.15, -0.1) is 0 Å². The van der Waals surface area contributed by atoms with Gasteiger partial charge in [-0.25, -0.2) is 0 Å². The van der Waals surface area contributed by atoms with Gasteiger partial charge in [-0.1, -0.05) is 19.1 Å². The summed E-state index contributed by atoms with van der Waals surface area (Å²) in [7, 11) is 0. The molecule has 66 valence electrons. The average Bonchev–Trinajstić information content (AvgIpc) is 2.22. The van der Waals surface area contributed by atoms with Crippen LogP contribution in [0, 0.1) is 5.92 Å². The van der Waals surface area contributed by atoms with Crippen LogP contribution in [0.1, 0.15) is 27.2 Å². The normalized spacial score (nSPS) is 51.6. The van der Waals surface area contributed by atoms with Gasteiger partial charge in [-0.3, -0.25) is 4.79 Å². The van der Waals surface area contributed by atoms with Gasteiger partial charge >= 0.3 is 0 Å². The SMILES string of the molecule is C[C@@H]1C(=O)C[C@@]2(C)C=C[C@@]1(C)O2. The van der Waals surface area contributed by atoms with Crippen molar-refractivity contribution in [3.05, 3.63) is 12.2 Å². The predicted molar refractivity (Wildman–Crippen MR) is 45.8 cm³/mol. The highest BCUT2D eigenvalue weighted by Crippen LogP contribution is 2.43. The van der Waals surface area contributed by atoms with Gasteiger partial charge in [0.15, 0.2) is 0 Å². The standard InChI is InChI=1S/C10H14O2/c1-7-8(11)6-9(2)4-5-10(7,3)12-9/h4-5,7H,6H2,1-3H3/t7-,9-,10-/m1/s1. The van der Waals surface area contributed by atoms with Crippen LogP contribution in [0.5, 0.6) is 0 Å². The first-order chi connectivity index (χ1) is 5.45. The molecule has 0 radical (unpaired) electrons. The summed E-state index contributed by atoms with van der Waals surface area (Å²) < 4.78 is 5.82. The molecule has 2 nitrogen and oxygen atoms in total. The molecule has 2 rings (SSSR count). The molecular weight excluding hydrogens is 152 g/mol. The fourth-order valence-corrected chi connectivity index (χ4v) is 2.06. The van der Waals surface area contributed by atoms with E-state index < -0.39 is 0 Å². The molecular formula is C10H14O2. The molecule has 2 aliphatic rings.